The summed E-state index contributed by atoms with van der Waals surface area (Å²) in [4.78, 5) is 24.5. The van der Waals surface area contributed by atoms with Gasteiger partial charge in [0.25, 0.3) is 0 Å². The lowest BCUT2D eigenvalue weighted by atomic mass is 9.95. The highest BCUT2D eigenvalue weighted by atomic mass is 127. The topological polar surface area (TPSA) is 140 Å². The molecule has 38 heavy (non-hydrogen) atoms. The number of aliphatic hydroxyl groups excluding tert-OH is 1. The molecule has 0 saturated carbocycles. The number of halogens is 2. The van der Waals surface area contributed by atoms with E-state index in [1.54, 1.807) is 44.4 Å². The lowest BCUT2D eigenvalue weighted by molar-refractivity contribution is -0.136. The van der Waals surface area contributed by atoms with E-state index in [1.807, 2.05) is 6.92 Å². The first-order chi connectivity index (χ1) is 18.2. The number of amides is 2. The van der Waals surface area contributed by atoms with Crippen LogP contribution in [0.5, 0.6) is 17.2 Å². The third-order valence-electron chi connectivity index (χ3n) is 5.34. The molecule has 0 aromatic heterocycles. The lowest BCUT2D eigenvalue weighted by Gasteiger charge is -2.28. The molecule has 0 saturated heterocycles. The lowest BCUT2D eigenvalue weighted by Crippen LogP contribution is -2.45. The van der Waals surface area contributed by atoms with E-state index in [1.165, 1.54) is 13.3 Å². The maximum Gasteiger partial charge on any atom is 0.337 e. The van der Waals surface area contributed by atoms with E-state index in [9.17, 15) is 14.7 Å². The number of methoxy groups -OCH3 is 2. The van der Waals surface area contributed by atoms with Crippen molar-refractivity contribution in [2.24, 2.45) is 5.10 Å². The quantitative estimate of drug-likeness (QED) is 0.0947. The Morgan fingerprint density at radius 1 is 1.26 bits per heavy atom. The molecular formula is C25H28ClIN4O7. The molecule has 2 atom stereocenters. The Morgan fingerprint density at radius 2 is 2.03 bits per heavy atom. The van der Waals surface area contributed by atoms with E-state index < -0.39 is 24.3 Å². The van der Waals surface area contributed by atoms with Crippen molar-refractivity contribution in [3.05, 3.63) is 61.3 Å². The molecule has 0 bridgehead atoms. The highest BCUT2D eigenvalue weighted by molar-refractivity contribution is 14.1. The normalized spacial score (nSPS) is 16.0. The van der Waals surface area contributed by atoms with Gasteiger partial charge < -0.3 is 34.7 Å². The van der Waals surface area contributed by atoms with Crippen LogP contribution in [0.25, 0.3) is 0 Å². The SMILES string of the molecule is CCOc1cc([C@@H]2NC(=O)NC(C)=C2C(=O)OC)ccc1OC[C@@H](O)N/N=C/c1cc(Cl)cc(I)c1OC. The predicted octanol–water partition coefficient (Wildman–Crippen LogP) is 3.47. The van der Waals surface area contributed by atoms with Gasteiger partial charge in [-0.25, -0.2) is 9.59 Å². The van der Waals surface area contributed by atoms with Crippen molar-refractivity contribution in [1.29, 1.82) is 0 Å². The molecule has 1 aliphatic rings. The van der Waals surface area contributed by atoms with E-state index >= 15 is 0 Å². The van der Waals surface area contributed by atoms with Crippen molar-refractivity contribution in [1.82, 2.24) is 16.1 Å². The van der Waals surface area contributed by atoms with Crippen molar-refractivity contribution in [3.8, 4) is 17.2 Å². The minimum absolute atomic E-state index is 0.155. The molecule has 2 amide bonds. The number of allylic oxidation sites excluding steroid dienone is 1. The highest BCUT2D eigenvalue weighted by Crippen LogP contribution is 2.35. The number of aliphatic hydroxyl groups is 1. The van der Waals surface area contributed by atoms with E-state index in [2.05, 4.69) is 43.8 Å². The second-order valence-corrected chi connectivity index (χ2v) is 9.52. The number of carbonyl (C=O) groups excluding carboxylic acids is 2. The van der Waals surface area contributed by atoms with Gasteiger partial charge in [0.15, 0.2) is 17.7 Å². The number of benzene rings is 2. The number of rotatable bonds is 11. The van der Waals surface area contributed by atoms with Crippen molar-refractivity contribution in [3.63, 3.8) is 0 Å². The molecule has 3 rings (SSSR count). The predicted molar refractivity (Wildman–Crippen MR) is 150 cm³/mol. The van der Waals surface area contributed by atoms with Crippen LogP contribution in [0.2, 0.25) is 5.02 Å². The standard InChI is InChI=1S/C25H28ClIN4O7/c1-5-37-19-9-14(22-21(24(33)36-4)13(2)29-25(34)30-22)6-7-18(19)38-12-20(32)31-28-11-15-8-16(26)10-17(27)23(15)35-3/h6-11,20,22,31-32H,5,12H2,1-4H3,(H2,29,30,34)/b28-11+/t20-,22+/m1/s1. The average molecular weight is 659 g/mol. The number of ether oxygens (including phenoxy) is 4. The van der Waals surface area contributed by atoms with Crippen LogP contribution in [0.1, 0.15) is 31.0 Å². The summed E-state index contributed by atoms with van der Waals surface area (Å²) in [5.41, 5.74) is 4.47. The van der Waals surface area contributed by atoms with Crippen molar-refractivity contribution in [2.45, 2.75) is 26.1 Å². The molecule has 204 valence electrons. The summed E-state index contributed by atoms with van der Waals surface area (Å²) in [6.45, 7) is 3.61. The summed E-state index contributed by atoms with van der Waals surface area (Å²) in [7, 11) is 2.82. The van der Waals surface area contributed by atoms with Crippen molar-refractivity contribution >= 4 is 52.4 Å². The Kier molecular flexibility index (Phi) is 10.4. The summed E-state index contributed by atoms with van der Waals surface area (Å²) in [6.07, 6.45) is 0.336. The van der Waals surface area contributed by atoms with Gasteiger partial charge >= 0.3 is 12.0 Å². The largest absolute Gasteiger partial charge is 0.495 e. The molecule has 11 nitrogen and oxygen atoms in total. The number of hydrogen-bond acceptors (Lipinski definition) is 9. The summed E-state index contributed by atoms with van der Waals surface area (Å²) < 4.78 is 22.6. The van der Waals surface area contributed by atoms with Gasteiger partial charge in [0, 0.05) is 16.3 Å². The fourth-order valence-electron chi connectivity index (χ4n) is 3.71. The molecule has 1 heterocycles. The van der Waals surface area contributed by atoms with E-state index in [0.29, 0.717) is 45.7 Å². The van der Waals surface area contributed by atoms with Gasteiger partial charge in [-0.1, -0.05) is 17.7 Å². The fraction of sp³-hybridized carbons (Fsp3) is 0.320. The first kappa shape index (κ1) is 29.3. The van der Waals surface area contributed by atoms with E-state index in [-0.39, 0.29) is 12.2 Å². The minimum atomic E-state index is -1.15. The van der Waals surface area contributed by atoms with Gasteiger partial charge in [-0.05, 0) is 66.3 Å². The third-order valence-corrected chi connectivity index (χ3v) is 6.36. The Hall–Kier alpha value is -3.23. The average Bonchev–Trinajstić information content (AvgIpc) is 2.87. The van der Waals surface area contributed by atoms with Crippen LogP contribution in [-0.4, -0.2) is 57.0 Å². The number of esters is 1. The van der Waals surface area contributed by atoms with Gasteiger partial charge in [-0.3, -0.25) is 5.43 Å². The summed E-state index contributed by atoms with van der Waals surface area (Å²) in [5.74, 6) is 0.761. The van der Waals surface area contributed by atoms with Crippen LogP contribution in [0, 0.1) is 3.57 Å². The molecule has 2 aromatic carbocycles. The van der Waals surface area contributed by atoms with Crippen LogP contribution in [-0.2, 0) is 9.53 Å². The Bertz CT molecular complexity index is 1250. The van der Waals surface area contributed by atoms with Crippen LogP contribution < -0.4 is 30.3 Å². The van der Waals surface area contributed by atoms with Crippen LogP contribution in [0.4, 0.5) is 4.79 Å². The zero-order valence-corrected chi connectivity index (χ0v) is 24.0. The summed E-state index contributed by atoms with van der Waals surface area (Å²) in [5, 5.41) is 20.2. The molecule has 4 N–H and O–H groups in total. The fourth-order valence-corrected chi connectivity index (χ4v) is 4.98. The second kappa shape index (κ2) is 13.5. The number of nitrogens with zero attached hydrogens (tertiary/aromatic N) is 1. The van der Waals surface area contributed by atoms with Crippen LogP contribution >= 0.6 is 34.2 Å². The minimum Gasteiger partial charge on any atom is -0.495 e. The van der Waals surface area contributed by atoms with Gasteiger partial charge in [-0.2, -0.15) is 5.10 Å². The molecule has 1 aliphatic heterocycles. The summed E-state index contributed by atoms with van der Waals surface area (Å²) >= 11 is 8.22. The van der Waals surface area contributed by atoms with Crippen LogP contribution in [0.15, 0.2) is 46.7 Å². The monoisotopic (exact) mass is 658 g/mol. The maximum atomic E-state index is 12.4. The van der Waals surface area contributed by atoms with Gasteiger partial charge in [0.1, 0.15) is 12.4 Å². The molecule has 0 fully saturated rings. The molecule has 2 aromatic rings. The number of carbonyl (C=O) groups is 2. The van der Waals surface area contributed by atoms with E-state index in [4.69, 9.17) is 30.5 Å². The summed E-state index contributed by atoms with van der Waals surface area (Å²) in [6, 6.07) is 7.25. The first-order valence-corrected chi connectivity index (χ1v) is 12.9. The number of hydrogen-bond donors (Lipinski definition) is 4. The number of urea groups is 1. The molecule has 0 aliphatic carbocycles. The smallest absolute Gasteiger partial charge is 0.337 e. The Labute approximate surface area is 238 Å². The van der Waals surface area contributed by atoms with Gasteiger partial charge in [0.05, 0.1) is 42.2 Å². The van der Waals surface area contributed by atoms with Crippen LogP contribution in [0.3, 0.4) is 0 Å². The second-order valence-electron chi connectivity index (χ2n) is 7.93. The molecule has 13 heteroatoms. The Morgan fingerprint density at radius 3 is 2.71 bits per heavy atom. The number of nitrogens with one attached hydrogen (secondary N) is 3. The van der Waals surface area contributed by atoms with Crippen molar-refractivity contribution < 1.29 is 33.6 Å². The Balaban J connectivity index is 1.72. The van der Waals surface area contributed by atoms with Gasteiger partial charge in [-0.15, -0.1) is 0 Å². The number of hydrazone groups is 1. The van der Waals surface area contributed by atoms with Crippen molar-refractivity contribution in [2.75, 3.05) is 27.4 Å². The third kappa shape index (κ3) is 7.20. The molecular weight excluding hydrogens is 631 g/mol. The molecule has 0 unspecified atom stereocenters. The zero-order valence-electron chi connectivity index (χ0n) is 21.1. The molecule has 0 spiro atoms. The molecule has 0 radical (unpaired) electrons. The zero-order chi connectivity index (χ0) is 27.8. The van der Waals surface area contributed by atoms with E-state index in [0.717, 1.165) is 3.57 Å². The highest BCUT2D eigenvalue weighted by Gasteiger charge is 2.32. The first-order valence-electron chi connectivity index (χ1n) is 11.4. The maximum absolute atomic E-state index is 12.4. The van der Waals surface area contributed by atoms with Gasteiger partial charge in [0.2, 0.25) is 0 Å².